The van der Waals surface area contributed by atoms with E-state index >= 15 is 0 Å². The molecule has 7 heteroatoms. The molecule has 0 aromatic heterocycles. The van der Waals surface area contributed by atoms with E-state index in [1.165, 1.54) is 25.0 Å². The van der Waals surface area contributed by atoms with Crippen LogP contribution in [0.5, 0.6) is 0 Å². The molecule has 2 amide bonds. The van der Waals surface area contributed by atoms with Crippen LogP contribution in [0.25, 0.3) is 0 Å². The summed E-state index contributed by atoms with van der Waals surface area (Å²) in [6, 6.07) is 6.45. The van der Waals surface area contributed by atoms with Gasteiger partial charge in [-0.05, 0) is 31.0 Å². The Hall–Kier alpha value is -2.41. The second-order valence-corrected chi connectivity index (χ2v) is 5.66. The Morgan fingerprint density at radius 3 is 2.79 bits per heavy atom. The van der Waals surface area contributed by atoms with Crippen molar-refractivity contribution in [2.24, 2.45) is 0 Å². The van der Waals surface area contributed by atoms with E-state index in [1.807, 2.05) is 0 Å². The minimum Gasteiger partial charge on any atom is -0.465 e. The normalized spacial score (nSPS) is 16.5. The number of ether oxygens (including phenoxy) is 2. The van der Waals surface area contributed by atoms with Crippen LogP contribution in [0.2, 0.25) is 0 Å². The minimum atomic E-state index is -0.477. The quantitative estimate of drug-likeness (QED) is 0.796. The molecule has 1 heterocycles. The Bertz CT molecular complexity index is 611. The van der Waals surface area contributed by atoms with Gasteiger partial charge in [0.1, 0.15) is 0 Å². The summed E-state index contributed by atoms with van der Waals surface area (Å²) in [5.74, 6) is -0.982. The fourth-order valence-electron chi connectivity index (χ4n) is 2.55. The summed E-state index contributed by atoms with van der Waals surface area (Å²) in [6.45, 7) is 2.48. The molecule has 1 N–H and O–H groups in total. The number of carbonyl (C=O) groups is 3. The molecule has 0 aliphatic carbocycles. The minimum absolute atomic E-state index is 0.00986. The molecule has 1 unspecified atom stereocenters. The third-order valence-corrected chi connectivity index (χ3v) is 3.80. The lowest BCUT2D eigenvalue weighted by atomic mass is 10.2. The van der Waals surface area contributed by atoms with E-state index in [4.69, 9.17) is 4.74 Å². The van der Waals surface area contributed by atoms with Gasteiger partial charge < -0.3 is 19.7 Å². The first-order valence-electron chi connectivity index (χ1n) is 7.85. The summed E-state index contributed by atoms with van der Waals surface area (Å²) in [6.07, 6.45) is 1.86. The van der Waals surface area contributed by atoms with Gasteiger partial charge in [-0.2, -0.15) is 0 Å². The number of nitrogens with one attached hydrogen (secondary N) is 1. The zero-order chi connectivity index (χ0) is 17.5. The predicted octanol–water partition coefficient (Wildman–Crippen LogP) is 1.44. The van der Waals surface area contributed by atoms with Gasteiger partial charge in [-0.15, -0.1) is 0 Å². The van der Waals surface area contributed by atoms with Crippen molar-refractivity contribution in [3.05, 3.63) is 29.8 Å². The molecule has 1 aliphatic heterocycles. The molecule has 0 bridgehead atoms. The molecule has 1 aliphatic rings. The molecule has 7 nitrogen and oxygen atoms in total. The van der Waals surface area contributed by atoms with E-state index in [0.29, 0.717) is 24.4 Å². The Labute approximate surface area is 140 Å². The van der Waals surface area contributed by atoms with Crippen LogP contribution in [0, 0.1) is 0 Å². The van der Waals surface area contributed by atoms with Crippen LogP contribution < -0.4 is 5.32 Å². The Balaban J connectivity index is 1.95. The number of anilines is 1. The highest BCUT2D eigenvalue weighted by Gasteiger charge is 2.22. The van der Waals surface area contributed by atoms with Gasteiger partial charge in [0, 0.05) is 25.8 Å². The van der Waals surface area contributed by atoms with Gasteiger partial charge in [0.25, 0.3) is 0 Å². The molecular formula is C17H22N2O5. The summed E-state index contributed by atoms with van der Waals surface area (Å²) >= 11 is 0. The van der Waals surface area contributed by atoms with Crippen molar-refractivity contribution in [3.63, 3.8) is 0 Å². The summed E-state index contributed by atoms with van der Waals surface area (Å²) < 4.78 is 10.2. The maximum Gasteiger partial charge on any atom is 0.337 e. The third-order valence-electron chi connectivity index (χ3n) is 3.80. The smallest absolute Gasteiger partial charge is 0.337 e. The number of hydrogen-bond donors (Lipinski definition) is 1. The average Bonchev–Trinajstić information content (AvgIpc) is 3.06. The standard InChI is InChI=1S/C17H22N2O5/c1-12(20)19(10-15-7-4-8-24-15)11-16(21)18-14-6-3-5-13(9-14)17(22)23-2/h3,5-6,9,15H,4,7-8,10-11H2,1-2H3,(H,18,21). The lowest BCUT2D eigenvalue weighted by molar-refractivity contribution is -0.134. The van der Waals surface area contributed by atoms with Crippen molar-refractivity contribution >= 4 is 23.5 Å². The van der Waals surface area contributed by atoms with Gasteiger partial charge in [-0.1, -0.05) is 6.07 Å². The van der Waals surface area contributed by atoms with Crippen molar-refractivity contribution in [1.29, 1.82) is 0 Å². The van der Waals surface area contributed by atoms with Crippen LogP contribution in [-0.4, -0.2) is 55.6 Å². The number of methoxy groups -OCH3 is 1. The molecule has 1 fully saturated rings. The van der Waals surface area contributed by atoms with Gasteiger partial charge in [0.05, 0.1) is 25.3 Å². The first-order valence-corrected chi connectivity index (χ1v) is 7.85. The van der Waals surface area contributed by atoms with Crippen molar-refractivity contribution < 1.29 is 23.9 Å². The number of carbonyl (C=O) groups excluding carboxylic acids is 3. The summed E-state index contributed by atoms with van der Waals surface area (Å²) in [7, 11) is 1.30. The lowest BCUT2D eigenvalue weighted by Gasteiger charge is -2.23. The predicted molar refractivity (Wildman–Crippen MR) is 87.6 cm³/mol. The summed E-state index contributed by atoms with van der Waals surface area (Å²) in [4.78, 5) is 36.9. The van der Waals surface area contributed by atoms with E-state index in [1.54, 1.807) is 18.2 Å². The zero-order valence-corrected chi connectivity index (χ0v) is 13.9. The fraction of sp³-hybridized carbons (Fsp3) is 0.471. The monoisotopic (exact) mass is 334 g/mol. The average molecular weight is 334 g/mol. The Morgan fingerprint density at radius 1 is 1.38 bits per heavy atom. The molecule has 24 heavy (non-hydrogen) atoms. The van der Waals surface area contributed by atoms with Crippen LogP contribution in [-0.2, 0) is 19.1 Å². The highest BCUT2D eigenvalue weighted by molar-refractivity contribution is 5.96. The van der Waals surface area contributed by atoms with E-state index < -0.39 is 5.97 Å². The number of esters is 1. The molecule has 0 radical (unpaired) electrons. The van der Waals surface area contributed by atoms with E-state index in [2.05, 4.69) is 10.1 Å². The molecule has 1 aromatic rings. The Morgan fingerprint density at radius 2 is 2.17 bits per heavy atom. The first-order chi connectivity index (χ1) is 11.5. The maximum atomic E-state index is 12.2. The van der Waals surface area contributed by atoms with Crippen LogP contribution in [0.1, 0.15) is 30.1 Å². The van der Waals surface area contributed by atoms with E-state index in [0.717, 1.165) is 12.8 Å². The van der Waals surface area contributed by atoms with Crippen LogP contribution in [0.15, 0.2) is 24.3 Å². The molecule has 1 aromatic carbocycles. The van der Waals surface area contributed by atoms with E-state index in [-0.39, 0.29) is 24.5 Å². The van der Waals surface area contributed by atoms with Crippen molar-refractivity contribution in [2.75, 3.05) is 32.1 Å². The highest BCUT2D eigenvalue weighted by Crippen LogP contribution is 2.14. The second kappa shape index (κ2) is 8.44. The van der Waals surface area contributed by atoms with Gasteiger partial charge in [0.15, 0.2) is 0 Å². The molecule has 130 valence electrons. The number of benzene rings is 1. The molecule has 0 spiro atoms. The number of rotatable bonds is 6. The molecule has 0 saturated carbocycles. The number of hydrogen-bond acceptors (Lipinski definition) is 5. The van der Waals surface area contributed by atoms with Gasteiger partial charge in [0.2, 0.25) is 11.8 Å². The van der Waals surface area contributed by atoms with Crippen molar-refractivity contribution in [1.82, 2.24) is 4.90 Å². The van der Waals surface area contributed by atoms with Crippen LogP contribution in [0.3, 0.4) is 0 Å². The number of amides is 2. The largest absolute Gasteiger partial charge is 0.465 e. The summed E-state index contributed by atoms with van der Waals surface area (Å²) in [5.41, 5.74) is 0.821. The van der Waals surface area contributed by atoms with Gasteiger partial charge in [-0.25, -0.2) is 4.79 Å². The van der Waals surface area contributed by atoms with Crippen molar-refractivity contribution in [3.8, 4) is 0 Å². The topological polar surface area (TPSA) is 84.9 Å². The van der Waals surface area contributed by atoms with Gasteiger partial charge >= 0.3 is 5.97 Å². The second-order valence-electron chi connectivity index (χ2n) is 5.66. The molecule has 1 atom stereocenters. The van der Waals surface area contributed by atoms with Crippen molar-refractivity contribution in [2.45, 2.75) is 25.9 Å². The lowest BCUT2D eigenvalue weighted by Crippen LogP contribution is -2.41. The third kappa shape index (κ3) is 5.06. The maximum absolute atomic E-state index is 12.2. The van der Waals surface area contributed by atoms with Crippen LogP contribution >= 0.6 is 0 Å². The van der Waals surface area contributed by atoms with E-state index in [9.17, 15) is 14.4 Å². The van der Waals surface area contributed by atoms with Gasteiger partial charge in [-0.3, -0.25) is 9.59 Å². The Kier molecular flexibility index (Phi) is 6.31. The molecular weight excluding hydrogens is 312 g/mol. The summed E-state index contributed by atoms with van der Waals surface area (Å²) in [5, 5.41) is 2.69. The zero-order valence-electron chi connectivity index (χ0n) is 13.9. The molecule has 1 saturated heterocycles. The van der Waals surface area contributed by atoms with Crippen LogP contribution in [0.4, 0.5) is 5.69 Å². The molecule has 2 rings (SSSR count). The SMILES string of the molecule is COC(=O)c1cccc(NC(=O)CN(CC2CCCO2)C(C)=O)c1. The number of nitrogens with zero attached hydrogens (tertiary/aromatic N) is 1. The fourth-order valence-corrected chi connectivity index (χ4v) is 2.55. The first kappa shape index (κ1) is 17.9. The highest BCUT2D eigenvalue weighted by atomic mass is 16.5.